The molecule has 2 rings (SSSR count). The van der Waals surface area contributed by atoms with Gasteiger partial charge in [0.1, 0.15) is 17.6 Å². The quantitative estimate of drug-likeness (QED) is 0.828. The second kappa shape index (κ2) is 5.55. The number of halogens is 3. The van der Waals surface area contributed by atoms with Crippen molar-refractivity contribution in [2.24, 2.45) is 5.41 Å². The van der Waals surface area contributed by atoms with Gasteiger partial charge in [0.05, 0.1) is 5.56 Å². The smallest absolute Gasteiger partial charge is 0.355 e. The van der Waals surface area contributed by atoms with Gasteiger partial charge < -0.3 is 4.90 Å². The lowest BCUT2D eigenvalue weighted by Crippen LogP contribution is -2.39. The molecular weight excluding hydrogens is 279 g/mol. The first kappa shape index (κ1) is 15.6. The van der Waals surface area contributed by atoms with Crippen LogP contribution in [-0.2, 0) is 6.18 Å². The minimum atomic E-state index is -4.49. The fourth-order valence-corrected chi connectivity index (χ4v) is 2.55. The van der Waals surface area contributed by atoms with E-state index in [0.29, 0.717) is 13.1 Å². The average molecular weight is 297 g/mol. The van der Waals surface area contributed by atoms with Crippen molar-refractivity contribution in [2.75, 3.05) is 18.0 Å². The van der Waals surface area contributed by atoms with Crippen molar-refractivity contribution >= 4 is 5.82 Å². The lowest BCUT2D eigenvalue weighted by atomic mass is 9.78. The van der Waals surface area contributed by atoms with Gasteiger partial charge in [0.15, 0.2) is 0 Å². The maximum atomic E-state index is 12.8. The van der Waals surface area contributed by atoms with Gasteiger partial charge in [0, 0.05) is 13.1 Å². The van der Waals surface area contributed by atoms with E-state index < -0.39 is 11.9 Å². The largest absolute Gasteiger partial charge is 0.433 e. The predicted molar refractivity (Wildman–Crippen MR) is 73.8 cm³/mol. The summed E-state index contributed by atoms with van der Waals surface area (Å²) in [7, 11) is 0. The van der Waals surface area contributed by atoms with Crippen molar-refractivity contribution in [1.29, 1.82) is 5.26 Å². The third kappa shape index (κ3) is 3.29. The van der Waals surface area contributed by atoms with Crippen LogP contribution in [0.15, 0.2) is 12.1 Å². The van der Waals surface area contributed by atoms with Crippen LogP contribution in [-0.4, -0.2) is 18.1 Å². The topological polar surface area (TPSA) is 39.9 Å². The Hall–Kier alpha value is -1.77. The molecule has 0 radical (unpaired) electrons. The van der Waals surface area contributed by atoms with Gasteiger partial charge in [-0.05, 0) is 30.4 Å². The molecule has 1 aliphatic rings. The fraction of sp³-hybridized carbons (Fsp3) is 0.600. The summed E-state index contributed by atoms with van der Waals surface area (Å²) in [5.41, 5.74) is -0.520. The molecule has 0 N–H and O–H groups in total. The van der Waals surface area contributed by atoms with Crippen molar-refractivity contribution in [1.82, 2.24) is 4.98 Å². The fourth-order valence-electron chi connectivity index (χ4n) is 2.55. The van der Waals surface area contributed by atoms with Crippen molar-refractivity contribution in [2.45, 2.75) is 39.3 Å². The Morgan fingerprint density at radius 3 is 2.43 bits per heavy atom. The van der Waals surface area contributed by atoms with Gasteiger partial charge in [-0.25, -0.2) is 4.98 Å². The van der Waals surface area contributed by atoms with E-state index in [2.05, 4.69) is 18.8 Å². The number of hydrogen-bond acceptors (Lipinski definition) is 3. The molecule has 1 aromatic rings. The minimum Gasteiger partial charge on any atom is -0.355 e. The van der Waals surface area contributed by atoms with Gasteiger partial charge in [-0.15, -0.1) is 0 Å². The van der Waals surface area contributed by atoms with E-state index in [-0.39, 0.29) is 16.8 Å². The third-order valence-electron chi connectivity index (χ3n) is 4.41. The van der Waals surface area contributed by atoms with Crippen molar-refractivity contribution in [3.63, 3.8) is 0 Å². The Bertz CT molecular complexity index is 552. The first-order valence-corrected chi connectivity index (χ1v) is 7.02. The molecule has 0 atom stereocenters. The highest BCUT2D eigenvalue weighted by atomic mass is 19.4. The van der Waals surface area contributed by atoms with Crippen LogP contribution in [0.25, 0.3) is 0 Å². The van der Waals surface area contributed by atoms with Crippen LogP contribution in [0, 0.1) is 16.7 Å². The Labute approximate surface area is 122 Å². The molecule has 1 saturated heterocycles. The summed E-state index contributed by atoms with van der Waals surface area (Å²) in [4.78, 5) is 5.49. The van der Waals surface area contributed by atoms with E-state index in [1.807, 2.05) is 6.07 Å². The van der Waals surface area contributed by atoms with Gasteiger partial charge in [-0.3, -0.25) is 0 Å². The van der Waals surface area contributed by atoms with Crippen LogP contribution in [0.5, 0.6) is 0 Å². The molecular formula is C15H18F3N3. The van der Waals surface area contributed by atoms with E-state index in [4.69, 9.17) is 5.26 Å². The lowest BCUT2D eigenvalue weighted by molar-refractivity contribution is -0.141. The third-order valence-corrected chi connectivity index (χ3v) is 4.41. The Kier molecular flexibility index (Phi) is 4.13. The number of alkyl halides is 3. The summed E-state index contributed by atoms with van der Waals surface area (Å²) in [5, 5.41) is 9.09. The first-order valence-electron chi connectivity index (χ1n) is 7.02. The monoisotopic (exact) mass is 297 g/mol. The SMILES string of the molecule is CCC1(C)CCN(c2nc(C(F)(F)F)ccc2C#N)CC1. The van der Waals surface area contributed by atoms with Crippen LogP contribution in [0.2, 0.25) is 0 Å². The number of piperidine rings is 1. The molecule has 1 fully saturated rings. The van der Waals surface area contributed by atoms with E-state index in [0.717, 1.165) is 25.3 Å². The summed E-state index contributed by atoms with van der Waals surface area (Å²) < 4.78 is 38.4. The van der Waals surface area contributed by atoms with Crippen LogP contribution in [0.4, 0.5) is 19.0 Å². The summed E-state index contributed by atoms with van der Waals surface area (Å²) in [6.07, 6.45) is -1.66. The van der Waals surface area contributed by atoms with E-state index >= 15 is 0 Å². The highest BCUT2D eigenvalue weighted by molar-refractivity contribution is 5.55. The van der Waals surface area contributed by atoms with E-state index in [1.165, 1.54) is 6.07 Å². The zero-order chi connectivity index (χ0) is 15.7. The molecule has 3 nitrogen and oxygen atoms in total. The Morgan fingerprint density at radius 1 is 1.33 bits per heavy atom. The molecule has 6 heteroatoms. The molecule has 1 aliphatic heterocycles. The van der Waals surface area contributed by atoms with Crippen LogP contribution < -0.4 is 4.90 Å². The zero-order valence-corrected chi connectivity index (χ0v) is 12.2. The van der Waals surface area contributed by atoms with Crippen molar-refractivity contribution in [3.05, 3.63) is 23.4 Å². The number of pyridine rings is 1. The molecule has 0 unspecified atom stereocenters. The minimum absolute atomic E-state index is 0.158. The number of hydrogen-bond donors (Lipinski definition) is 0. The average Bonchev–Trinajstić information content (AvgIpc) is 2.46. The molecule has 0 amide bonds. The Morgan fingerprint density at radius 2 is 1.95 bits per heavy atom. The standard InChI is InChI=1S/C15H18F3N3/c1-3-14(2)6-8-21(9-7-14)13-11(10-19)4-5-12(20-13)15(16,17)18/h4-5H,3,6-9H2,1-2H3. The van der Waals surface area contributed by atoms with Crippen molar-refractivity contribution in [3.8, 4) is 6.07 Å². The van der Waals surface area contributed by atoms with Gasteiger partial charge in [0.25, 0.3) is 0 Å². The summed E-state index contributed by atoms with van der Waals surface area (Å²) in [5.74, 6) is 0.158. The Balaban J connectivity index is 2.29. The second-order valence-corrected chi connectivity index (χ2v) is 5.83. The molecule has 0 aliphatic carbocycles. The maximum absolute atomic E-state index is 12.8. The molecule has 0 aromatic carbocycles. The van der Waals surface area contributed by atoms with Gasteiger partial charge in [-0.1, -0.05) is 20.3 Å². The number of aromatic nitrogens is 1. The molecule has 0 saturated carbocycles. The van der Waals surface area contributed by atoms with Crippen LogP contribution >= 0.6 is 0 Å². The number of rotatable bonds is 2. The lowest BCUT2D eigenvalue weighted by Gasteiger charge is -2.39. The molecule has 114 valence electrons. The zero-order valence-electron chi connectivity index (χ0n) is 12.2. The molecule has 21 heavy (non-hydrogen) atoms. The van der Waals surface area contributed by atoms with E-state index in [9.17, 15) is 13.2 Å². The number of nitriles is 1. The molecule has 0 spiro atoms. The molecule has 2 heterocycles. The van der Waals surface area contributed by atoms with Crippen molar-refractivity contribution < 1.29 is 13.2 Å². The van der Waals surface area contributed by atoms with Crippen LogP contribution in [0.3, 0.4) is 0 Å². The van der Waals surface area contributed by atoms with Gasteiger partial charge >= 0.3 is 6.18 Å². The summed E-state index contributed by atoms with van der Waals surface area (Å²) in [6.45, 7) is 5.58. The summed E-state index contributed by atoms with van der Waals surface area (Å²) >= 11 is 0. The first-order chi connectivity index (χ1) is 9.79. The maximum Gasteiger partial charge on any atom is 0.433 e. The predicted octanol–water partition coefficient (Wildman–Crippen LogP) is 3.99. The highest BCUT2D eigenvalue weighted by Crippen LogP contribution is 2.37. The van der Waals surface area contributed by atoms with Gasteiger partial charge in [0.2, 0.25) is 0 Å². The van der Waals surface area contributed by atoms with Crippen LogP contribution in [0.1, 0.15) is 44.4 Å². The van der Waals surface area contributed by atoms with Gasteiger partial charge in [-0.2, -0.15) is 18.4 Å². The summed E-state index contributed by atoms with van der Waals surface area (Å²) in [6, 6.07) is 4.01. The number of anilines is 1. The van der Waals surface area contributed by atoms with E-state index in [1.54, 1.807) is 4.90 Å². The normalized spacial score (nSPS) is 18.4. The highest BCUT2D eigenvalue weighted by Gasteiger charge is 2.35. The molecule has 1 aromatic heterocycles. The number of nitrogens with zero attached hydrogens (tertiary/aromatic N) is 3. The second-order valence-electron chi connectivity index (χ2n) is 5.83. The molecule has 0 bridgehead atoms.